The monoisotopic (exact) mass is 282 g/mol. The standard InChI is InChI=1S/C15H21NO4/c16-12(8-10-6-7-13(17)14(18)9-10)15(19)20-11-4-2-1-3-5-11/h6-7,9,11-12,17-18H,1-5,8,16H2/i8D2,12D. The van der Waals surface area contributed by atoms with Crippen LogP contribution in [-0.4, -0.2) is 28.3 Å². The smallest absolute Gasteiger partial charge is 0.323 e. The Kier molecular flexibility index (Phi) is 3.63. The normalized spacial score (nSPS) is 22.1. The van der Waals surface area contributed by atoms with Crippen molar-refractivity contribution in [2.24, 2.45) is 5.73 Å². The van der Waals surface area contributed by atoms with E-state index in [0.29, 0.717) is 12.8 Å². The molecule has 1 fully saturated rings. The average Bonchev–Trinajstić information content (AvgIpc) is 2.50. The van der Waals surface area contributed by atoms with Crippen LogP contribution >= 0.6 is 0 Å². The first-order valence-corrected chi connectivity index (χ1v) is 6.68. The lowest BCUT2D eigenvalue weighted by Gasteiger charge is -2.23. The number of esters is 1. The van der Waals surface area contributed by atoms with Crippen molar-refractivity contribution in [3.63, 3.8) is 0 Å². The number of hydrogen-bond acceptors (Lipinski definition) is 5. The third-order valence-electron chi connectivity index (χ3n) is 3.30. The molecule has 0 amide bonds. The van der Waals surface area contributed by atoms with Crippen molar-refractivity contribution in [3.05, 3.63) is 23.8 Å². The second-order valence-electron chi connectivity index (χ2n) is 4.91. The fourth-order valence-corrected chi connectivity index (χ4v) is 2.21. The van der Waals surface area contributed by atoms with E-state index in [1.54, 1.807) is 0 Å². The summed E-state index contributed by atoms with van der Waals surface area (Å²) < 4.78 is 29.3. The zero-order chi connectivity index (χ0) is 17.3. The predicted molar refractivity (Wildman–Crippen MR) is 74.4 cm³/mol. The van der Waals surface area contributed by atoms with E-state index < -0.39 is 29.9 Å². The minimum absolute atomic E-state index is 0.189. The highest BCUT2D eigenvalue weighted by Crippen LogP contribution is 2.25. The Hall–Kier alpha value is -1.75. The summed E-state index contributed by atoms with van der Waals surface area (Å²) in [6.45, 7) is 0. The number of phenolic OH excluding ortho intramolecular Hbond substituents is 2. The maximum Gasteiger partial charge on any atom is 0.323 e. The fraction of sp³-hybridized carbons (Fsp3) is 0.533. The molecule has 0 spiro atoms. The number of phenols is 2. The lowest BCUT2D eigenvalue weighted by molar-refractivity contribution is -0.152. The van der Waals surface area contributed by atoms with E-state index in [-0.39, 0.29) is 11.7 Å². The van der Waals surface area contributed by atoms with Crippen LogP contribution in [0.4, 0.5) is 0 Å². The summed E-state index contributed by atoms with van der Waals surface area (Å²) >= 11 is 0. The zero-order valence-corrected chi connectivity index (χ0v) is 11.1. The van der Waals surface area contributed by atoms with Gasteiger partial charge in [-0.05, 0) is 49.8 Å². The third kappa shape index (κ3) is 3.87. The summed E-state index contributed by atoms with van der Waals surface area (Å²) in [7, 11) is 0. The van der Waals surface area contributed by atoms with Crippen LogP contribution < -0.4 is 5.73 Å². The van der Waals surface area contributed by atoms with Crippen LogP contribution in [0.15, 0.2) is 18.2 Å². The van der Waals surface area contributed by atoms with Crippen LogP contribution in [0, 0.1) is 0 Å². The summed E-state index contributed by atoms with van der Waals surface area (Å²) in [5.41, 5.74) is 5.46. The highest BCUT2D eigenvalue weighted by molar-refractivity contribution is 5.76. The van der Waals surface area contributed by atoms with Gasteiger partial charge >= 0.3 is 5.97 Å². The highest BCUT2D eigenvalue weighted by Gasteiger charge is 2.22. The molecule has 5 heteroatoms. The molecule has 2 rings (SSSR count). The van der Waals surface area contributed by atoms with E-state index in [4.69, 9.17) is 14.6 Å². The first-order chi connectivity index (χ1) is 10.7. The second kappa shape index (κ2) is 6.61. The molecule has 1 aromatic rings. The average molecular weight is 282 g/mol. The molecular formula is C15H21NO4. The Morgan fingerprint density at radius 3 is 2.75 bits per heavy atom. The molecule has 0 radical (unpaired) electrons. The molecule has 5 nitrogen and oxygen atoms in total. The third-order valence-corrected chi connectivity index (χ3v) is 3.30. The van der Waals surface area contributed by atoms with Gasteiger partial charge in [-0.2, -0.15) is 0 Å². The maximum atomic E-state index is 12.2. The van der Waals surface area contributed by atoms with Crippen LogP contribution in [0.25, 0.3) is 0 Å². The van der Waals surface area contributed by atoms with E-state index >= 15 is 0 Å². The largest absolute Gasteiger partial charge is 0.504 e. The number of aromatic hydroxyl groups is 2. The molecule has 1 atom stereocenters. The van der Waals surface area contributed by atoms with Gasteiger partial charge in [0.1, 0.15) is 12.1 Å². The topological polar surface area (TPSA) is 92.8 Å². The quantitative estimate of drug-likeness (QED) is 0.579. The van der Waals surface area contributed by atoms with Gasteiger partial charge < -0.3 is 20.7 Å². The molecule has 1 unspecified atom stereocenters. The lowest BCUT2D eigenvalue weighted by Crippen LogP contribution is -2.37. The fourth-order valence-electron chi connectivity index (χ4n) is 2.21. The molecule has 20 heavy (non-hydrogen) atoms. The minimum Gasteiger partial charge on any atom is -0.504 e. The maximum absolute atomic E-state index is 12.2. The zero-order valence-electron chi connectivity index (χ0n) is 14.1. The number of ether oxygens (including phenoxy) is 1. The minimum atomic E-state index is -2.67. The van der Waals surface area contributed by atoms with Gasteiger partial charge in [0.05, 0.1) is 1.37 Å². The summed E-state index contributed by atoms with van der Waals surface area (Å²) in [6.07, 6.45) is 1.34. The van der Waals surface area contributed by atoms with Crippen LogP contribution in [-0.2, 0) is 15.9 Å². The van der Waals surface area contributed by atoms with Gasteiger partial charge in [0, 0.05) is 2.74 Å². The van der Waals surface area contributed by atoms with Gasteiger partial charge in [0.2, 0.25) is 0 Å². The van der Waals surface area contributed by atoms with Gasteiger partial charge in [0.25, 0.3) is 0 Å². The summed E-state index contributed by atoms with van der Waals surface area (Å²) in [5.74, 6) is -2.12. The predicted octanol–water partition coefficient (Wildman–Crippen LogP) is 1.84. The van der Waals surface area contributed by atoms with Gasteiger partial charge in [0.15, 0.2) is 11.5 Å². The van der Waals surface area contributed by atoms with Crippen molar-refractivity contribution in [3.8, 4) is 11.5 Å². The van der Waals surface area contributed by atoms with E-state index in [9.17, 15) is 15.0 Å². The van der Waals surface area contributed by atoms with Crippen molar-refractivity contribution >= 4 is 5.97 Å². The van der Waals surface area contributed by atoms with Crippen LogP contribution in [0.3, 0.4) is 0 Å². The number of hydrogen-bond donors (Lipinski definition) is 3. The van der Waals surface area contributed by atoms with Crippen molar-refractivity contribution in [2.75, 3.05) is 0 Å². The van der Waals surface area contributed by atoms with Gasteiger partial charge in [-0.1, -0.05) is 12.5 Å². The number of carbonyl (C=O) groups is 1. The molecule has 1 aliphatic rings. The second-order valence-corrected chi connectivity index (χ2v) is 4.91. The van der Waals surface area contributed by atoms with Crippen LogP contribution in [0.5, 0.6) is 11.5 Å². The molecule has 0 aromatic heterocycles. The Labute approximate surface area is 122 Å². The molecule has 0 bridgehead atoms. The van der Waals surface area contributed by atoms with Gasteiger partial charge in [-0.3, -0.25) is 4.79 Å². The Morgan fingerprint density at radius 1 is 1.40 bits per heavy atom. The molecule has 0 aliphatic heterocycles. The molecule has 110 valence electrons. The van der Waals surface area contributed by atoms with Crippen molar-refractivity contribution in [1.29, 1.82) is 0 Å². The molecule has 0 saturated heterocycles. The molecule has 0 heterocycles. The summed E-state index contributed by atoms with van der Waals surface area (Å²) in [4.78, 5) is 12.2. The number of rotatable bonds is 4. The van der Waals surface area contributed by atoms with Crippen molar-refractivity contribution in [1.82, 2.24) is 0 Å². The molecule has 1 saturated carbocycles. The van der Waals surface area contributed by atoms with E-state index in [2.05, 4.69) is 0 Å². The number of nitrogens with two attached hydrogens (primary N) is 1. The van der Waals surface area contributed by atoms with E-state index in [0.717, 1.165) is 31.4 Å². The lowest BCUT2D eigenvalue weighted by atomic mass is 9.97. The first kappa shape index (κ1) is 11.0. The molecular weight excluding hydrogens is 258 g/mol. The number of benzene rings is 1. The molecule has 4 N–H and O–H groups in total. The van der Waals surface area contributed by atoms with Crippen LogP contribution in [0.2, 0.25) is 0 Å². The Bertz CT molecular complexity index is 586. The molecule has 1 aromatic carbocycles. The summed E-state index contributed by atoms with van der Waals surface area (Å²) in [5, 5.41) is 18.8. The summed E-state index contributed by atoms with van der Waals surface area (Å²) in [6, 6.07) is 0.511. The highest BCUT2D eigenvalue weighted by atomic mass is 16.5. The van der Waals surface area contributed by atoms with Gasteiger partial charge in [-0.15, -0.1) is 0 Å². The first-order valence-electron chi connectivity index (χ1n) is 8.18. The van der Waals surface area contributed by atoms with Crippen molar-refractivity contribution in [2.45, 2.75) is 50.6 Å². The number of carbonyl (C=O) groups excluding carboxylic acids is 1. The SMILES string of the molecule is [2H]C(N)(C(=O)OC1CCCCC1)C([2H])([2H])c1ccc(O)c(O)c1. The Balaban J connectivity index is 2.20. The Morgan fingerprint density at radius 2 is 2.10 bits per heavy atom. The van der Waals surface area contributed by atoms with Crippen LogP contribution in [0.1, 0.15) is 41.8 Å². The van der Waals surface area contributed by atoms with E-state index in [1.807, 2.05) is 0 Å². The van der Waals surface area contributed by atoms with Gasteiger partial charge in [-0.25, -0.2) is 0 Å². The van der Waals surface area contributed by atoms with E-state index in [1.165, 1.54) is 6.07 Å². The van der Waals surface area contributed by atoms with Crippen molar-refractivity contribution < 1.29 is 23.9 Å². The molecule has 1 aliphatic carbocycles.